The molecule has 1 saturated heterocycles. The van der Waals surface area contributed by atoms with Crippen molar-refractivity contribution in [3.05, 3.63) is 33.9 Å². The minimum absolute atomic E-state index is 0.0596. The first-order valence-corrected chi connectivity index (χ1v) is 6.19. The van der Waals surface area contributed by atoms with E-state index in [-0.39, 0.29) is 11.3 Å². The van der Waals surface area contributed by atoms with Crippen LogP contribution in [0.25, 0.3) is 0 Å². The molecular weight excluding hydrogens is 246 g/mol. The molecule has 2 fully saturated rings. The second-order valence-electron chi connectivity index (χ2n) is 5.30. The van der Waals surface area contributed by atoms with Gasteiger partial charge in [0.15, 0.2) is 0 Å². The van der Waals surface area contributed by atoms with Crippen LogP contribution in [0.2, 0.25) is 0 Å². The van der Waals surface area contributed by atoms with Crippen LogP contribution in [0.5, 0.6) is 0 Å². The molecule has 1 aliphatic heterocycles. The maximum absolute atomic E-state index is 10.7. The van der Waals surface area contributed by atoms with Crippen molar-refractivity contribution in [3.63, 3.8) is 0 Å². The zero-order valence-electron chi connectivity index (χ0n) is 10.2. The number of aliphatic hydroxyl groups is 1. The van der Waals surface area contributed by atoms with Gasteiger partial charge in [-0.1, -0.05) is 0 Å². The molecule has 0 spiro atoms. The summed E-state index contributed by atoms with van der Waals surface area (Å²) in [5.41, 5.74) is 0.0373. The number of rotatable bonds is 3. The van der Waals surface area contributed by atoms with Crippen molar-refractivity contribution < 1.29 is 10.0 Å². The fraction of sp³-hybridized carbons (Fsp3) is 0.462. The van der Waals surface area contributed by atoms with E-state index < -0.39 is 10.5 Å². The number of anilines is 1. The molecule has 0 radical (unpaired) electrons. The summed E-state index contributed by atoms with van der Waals surface area (Å²) in [4.78, 5) is 12.1. The molecule has 0 aromatic heterocycles. The van der Waals surface area contributed by atoms with E-state index in [9.17, 15) is 15.2 Å². The first-order valence-electron chi connectivity index (χ1n) is 6.19. The molecule has 6 heteroatoms. The van der Waals surface area contributed by atoms with Crippen LogP contribution in [0.1, 0.15) is 18.4 Å². The summed E-state index contributed by atoms with van der Waals surface area (Å²) >= 11 is 0. The Kier molecular flexibility index (Phi) is 2.47. The molecule has 19 heavy (non-hydrogen) atoms. The van der Waals surface area contributed by atoms with E-state index in [1.807, 2.05) is 11.0 Å². The molecule has 1 aromatic carbocycles. The van der Waals surface area contributed by atoms with Gasteiger partial charge in [-0.25, -0.2) is 0 Å². The average molecular weight is 259 g/mol. The summed E-state index contributed by atoms with van der Waals surface area (Å²) in [6.07, 6.45) is 2.15. The molecule has 0 amide bonds. The van der Waals surface area contributed by atoms with Crippen molar-refractivity contribution in [3.8, 4) is 6.07 Å². The third kappa shape index (κ3) is 1.92. The van der Waals surface area contributed by atoms with Gasteiger partial charge in [0.2, 0.25) is 0 Å². The molecule has 1 heterocycles. The van der Waals surface area contributed by atoms with Gasteiger partial charge >= 0.3 is 0 Å². The van der Waals surface area contributed by atoms with Crippen LogP contribution in [0.3, 0.4) is 0 Å². The summed E-state index contributed by atoms with van der Waals surface area (Å²) in [6, 6.07) is 6.34. The zero-order valence-corrected chi connectivity index (χ0v) is 10.2. The number of benzene rings is 1. The van der Waals surface area contributed by atoms with Crippen molar-refractivity contribution in [1.82, 2.24) is 0 Å². The average Bonchev–Trinajstić information content (AvgIpc) is 3.18. The first-order chi connectivity index (χ1) is 9.03. The van der Waals surface area contributed by atoms with E-state index in [4.69, 9.17) is 5.26 Å². The van der Waals surface area contributed by atoms with Crippen molar-refractivity contribution in [2.45, 2.75) is 18.4 Å². The molecule has 1 N–H and O–H groups in total. The SMILES string of the molecule is N#Cc1cc(N2CC(O)(C3CC3)C2)ccc1[N+](=O)[O-]. The third-order valence-electron chi connectivity index (χ3n) is 3.93. The molecule has 0 atom stereocenters. The van der Waals surface area contributed by atoms with E-state index >= 15 is 0 Å². The van der Waals surface area contributed by atoms with Gasteiger partial charge in [0.1, 0.15) is 17.2 Å². The molecule has 98 valence electrons. The van der Waals surface area contributed by atoms with Crippen molar-refractivity contribution >= 4 is 11.4 Å². The van der Waals surface area contributed by atoms with Gasteiger partial charge in [-0.2, -0.15) is 5.26 Å². The Bertz CT molecular complexity index is 583. The molecule has 0 unspecified atom stereocenters. The second-order valence-corrected chi connectivity index (χ2v) is 5.30. The quantitative estimate of drug-likeness (QED) is 0.655. The fourth-order valence-corrected chi connectivity index (χ4v) is 2.65. The first kappa shape index (κ1) is 11.9. The maximum atomic E-state index is 10.7. The van der Waals surface area contributed by atoms with Crippen molar-refractivity contribution in [2.24, 2.45) is 5.92 Å². The highest BCUT2D eigenvalue weighted by Crippen LogP contribution is 2.45. The number of nitrogens with zero attached hydrogens (tertiary/aromatic N) is 3. The van der Waals surface area contributed by atoms with E-state index in [0.29, 0.717) is 19.0 Å². The van der Waals surface area contributed by atoms with E-state index in [1.54, 1.807) is 6.07 Å². The second kappa shape index (κ2) is 3.93. The highest BCUT2D eigenvalue weighted by Gasteiger charge is 2.52. The lowest BCUT2D eigenvalue weighted by Gasteiger charge is -2.48. The molecule has 1 saturated carbocycles. The summed E-state index contributed by atoms with van der Waals surface area (Å²) in [5.74, 6) is 0.400. The molecule has 3 rings (SSSR count). The molecule has 6 nitrogen and oxygen atoms in total. The van der Waals surface area contributed by atoms with Gasteiger partial charge in [0.05, 0.1) is 4.92 Å². The highest BCUT2D eigenvalue weighted by molar-refractivity contribution is 5.61. The Labute approximate surface area is 110 Å². The highest BCUT2D eigenvalue weighted by atomic mass is 16.6. The number of β-amino-alcohol motifs (C(OH)–C–C–N with tert-alkyl or cyclic N) is 1. The van der Waals surface area contributed by atoms with Crippen molar-refractivity contribution in [2.75, 3.05) is 18.0 Å². The smallest absolute Gasteiger partial charge is 0.287 e. The van der Waals surface area contributed by atoms with Crippen LogP contribution >= 0.6 is 0 Å². The minimum atomic E-state index is -0.603. The van der Waals surface area contributed by atoms with Crippen molar-refractivity contribution in [1.29, 1.82) is 5.26 Å². The van der Waals surface area contributed by atoms with Crippen LogP contribution in [0, 0.1) is 27.4 Å². The summed E-state index contributed by atoms with van der Waals surface area (Å²) < 4.78 is 0. The third-order valence-corrected chi connectivity index (χ3v) is 3.93. The molecule has 0 bridgehead atoms. The molecule has 2 aliphatic rings. The fourth-order valence-electron chi connectivity index (χ4n) is 2.65. The lowest BCUT2D eigenvalue weighted by Crippen LogP contribution is -2.63. The van der Waals surface area contributed by atoms with E-state index in [2.05, 4.69) is 0 Å². The Morgan fingerprint density at radius 3 is 2.68 bits per heavy atom. The van der Waals surface area contributed by atoms with Crippen LogP contribution in [0.4, 0.5) is 11.4 Å². The predicted octanol–water partition coefficient (Wildman–Crippen LogP) is 1.43. The van der Waals surface area contributed by atoms with Crippen LogP contribution in [0.15, 0.2) is 18.2 Å². The lowest BCUT2D eigenvalue weighted by atomic mass is 9.88. The number of hydrogen-bond acceptors (Lipinski definition) is 5. The number of nitro groups is 1. The summed E-state index contributed by atoms with van der Waals surface area (Å²) in [6.45, 7) is 1.08. The minimum Gasteiger partial charge on any atom is -0.386 e. The lowest BCUT2D eigenvalue weighted by molar-refractivity contribution is -0.385. The number of nitriles is 1. The van der Waals surface area contributed by atoms with Crippen LogP contribution in [-0.4, -0.2) is 28.7 Å². The van der Waals surface area contributed by atoms with Gasteiger partial charge < -0.3 is 10.0 Å². The Morgan fingerprint density at radius 1 is 1.47 bits per heavy atom. The molecule has 1 aliphatic carbocycles. The summed E-state index contributed by atoms with van der Waals surface area (Å²) in [5, 5.41) is 29.9. The molecule has 1 aromatic rings. The summed E-state index contributed by atoms with van der Waals surface area (Å²) in [7, 11) is 0. The topological polar surface area (TPSA) is 90.4 Å². The van der Waals surface area contributed by atoms with Gasteiger partial charge in [0.25, 0.3) is 5.69 Å². The molecular formula is C13H13N3O3. The standard InChI is InChI=1S/C13H13N3O3/c14-6-9-5-11(3-4-12(9)16(18)19)15-7-13(17,8-15)10-1-2-10/h3-5,10,17H,1-2,7-8H2. The maximum Gasteiger partial charge on any atom is 0.287 e. The zero-order chi connectivity index (χ0) is 13.6. The monoisotopic (exact) mass is 259 g/mol. The number of hydrogen-bond donors (Lipinski definition) is 1. The predicted molar refractivity (Wildman–Crippen MR) is 67.7 cm³/mol. The van der Waals surface area contributed by atoms with Crippen LogP contribution < -0.4 is 4.90 Å². The normalized spacial score (nSPS) is 20.5. The number of nitro benzene ring substituents is 1. The van der Waals surface area contributed by atoms with E-state index in [0.717, 1.165) is 18.5 Å². The van der Waals surface area contributed by atoms with Gasteiger partial charge in [-0.15, -0.1) is 0 Å². The van der Waals surface area contributed by atoms with E-state index in [1.165, 1.54) is 12.1 Å². The van der Waals surface area contributed by atoms with Gasteiger partial charge in [-0.3, -0.25) is 10.1 Å². The van der Waals surface area contributed by atoms with Gasteiger partial charge in [0, 0.05) is 24.8 Å². The largest absolute Gasteiger partial charge is 0.386 e. The Hall–Kier alpha value is -2.13. The van der Waals surface area contributed by atoms with Crippen LogP contribution in [-0.2, 0) is 0 Å². The Balaban J connectivity index is 1.80. The Morgan fingerprint density at radius 2 is 2.16 bits per heavy atom. The van der Waals surface area contributed by atoms with Gasteiger partial charge in [-0.05, 0) is 30.9 Å².